The number of ether oxygens (including phenoxy) is 3. The monoisotopic (exact) mass is 337 g/mol. The van der Waals surface area contributed by atoms with Gasteiger partial charge in [0.15, 0.2) is 11.5 Å². The van der Waals surface area contributed by atoms with Crippen molar-refractivity contribution in [2.75, 3.05) is 19.7 Å². The molecule has 1 saturated heterocycles. The molecule has 0 saturated carbocycles. The third kappa shape index (κ3) is 3.06. The van der Waals surface area contributed by atoms with Crippen LogP contribution >= 0.6 is 0 Å². The van der Waals surface area contributed by atoms with Crippen molar-refractivity contribution in [3.8, 4) is 23.4 Å². The Kier molecular flexibility index (Phi) is 3.86. The van der Waals surface area contributed by atoms with Gasteiger partial charge in [0.25, 0.3) is 5.91 Å². The Labute approximate surface area is 144 Å². The maximum absolute atomic E-state index is 12.5. The molecule has 1 unspecified atom stereocenters. The predicted molar refractivity (Wildman–Crippen MR) is 86.3 cm³/mol. The molecule has 1 aromatic heterocycles. The highest BCUT2D eigenvalue weighted by atomic mass is 16.6. The third-order valence-corrected chi connectivity index (χ3v) is 4.10. The molecule has 0 spiro atoms. The lowest BCUT2D eigenvalue weighted by Crippen LogP contribution is -2.60. The largest absolute Gasteiger partial charge is 0.485 e. The average molecular weight is 337 g/mol. The van der Waals surface area contributed by atoms with Crippen molar-refractivity contribution < 1.29 is 19.0 Å². The van der Waals surface area contributed by atoms with Gasteiger partial charge in [-0.25, -0.2) is 4.98 Å². The lowest BCUT2D eigenvalue weighted by molar-refractivity contribution is -0.150. The number of hydrogen-bond acceptors (Lipinski definition) is 6. The molecule has 0 aliphatic carbocycles. The van der Waals surface area contributed by atoms with Crippen molar-refractivity contribution in [3.05, 3.63) is 48.2 Å². The van der Waals surface area contributed by atoms with Gasteiger partial charge in [-0.05, 0) is 18.2 Å². The van der Waals surface area contributed by atoms with E-state index in [4.69, 9.17) is 19.5 Å². The summed E-state index contributed by atoms with van der Waals surface area (Å²) in [6.07, 6.45) is 0.715. The number of carbonyl (C=O) groups excluding carboxylic acids is 1. The first-order valence-corrected chi connectivity index (χ1v) is 7.93. The van der Waals surface area contributed by atoms with Crippen molar-refractivity contribution in [2.24, 2.45) is 0 Å². The normalized spacial score (nSPS) is 18.8. The first-order chi connectivity index (χ1) is 12.2. The number of likely N-dealkylation sites (tertiary alicyclic amines) is 1. The summed E-state index contributed by atoms with van der Waals surface area (Å²) in [6.45, 7) is 1.15. The number of hydrogen-bond donors (Lipinski definition) is 0. The highest BCUT2D eigenvalue weighted by molar-refractivity contribution is 5.82. The summed E-state index contributed by atoms with van der Waals surface area (Å²) in [5.41, 5.74) is 0.479. The van der Waals surface area contributed by atoms with Crippen LogP contribution in [0.3, 0.4) is 0 Å². The Morgan fingerprint density at radius 1 is 1.24 bits per heavy atom. The first-order valence-electron chi connectivity index (χ1n) is 7.93. The van der Waals surface area contributed by atoms with E-state index in [1.807, 2.05) is 24.3 Å². The molecule has 7 heteroatoms. The Morgan fingerprint density at radius 3 is 2.76 bits per heavy atom. The lowest BCUT2D eigenvalue weighted by Gasteiger charge is -2.40. The van der Waals surface area contributed by atoms with Gasteiger partial charge in [0.1, 0.15) is 18.8 Å². The zero-order valence-electron chi connectivity index (χ0n) is 13.3. The highest BCUT2D eigenvalue weighted by Gasteiger charge is 2.38. The van der Waals surface area contributed by atoms with Crippen molar-refractivity contribution in [1.82, 2.24) is 9.88 Å². The van der Waals surface area contributed by atoms with Gasteiger partial charge < -0.3 is 19.1 Å². The third-order valence-electron chi connectivity index (χ3n) is 4.10. The fourth-order valence-electron chi connectivity index (χ4n) is 2.72. The molecule has 25 heavy (non-hydrogen) atoms. The molecule has 7 nitrogen and oxygen atoms in total. The van der Waals surface area contributed by atoms with Crippen LogP contribution in [0.4, 0.5) is 0 Å². The number of fused-ring (bicyclic) bond motifs is 1. The van der Waals surface area contributed by atoms with Crippen molar-refractivity contribution in [1.29, 1.82) is 5.26 Å². The molecule has 126 valence electrons. The number of carbonyl (C=O) groups is 1. The molecule has 1 aromatic carbocycles. The van der Waals surface area contributed by atoms with Crippen LogP contribution < -0.4 is 14.2 Å². The number of amides is 1. The summed E-state index contributed by atoms with van der Waals surface area (Å²) in [7, 11) is 0. The Hall–Kier alpha value is -3.27. The van der Waals surface area contributed by atoms with Crippen LogP contribution in [0.5, 0.6) is 17.4 Å². The molecule has 1 fully saturated rings. The van der Waals surface area contributed by atoms with E-state index in [0.717, 1.165) is 0 Å². The number of nitriles is 1. The van der Waals surface area contributed by atoms with Gasteiger partial charge >= 0.3 is 0 Å². The van der Waals surface area contributed by atoms with E-state index in [9.17, 15) is 4.79 Å². The molecule has 2 aromatic rings. The van der Waals surface area contributed by atoms with Gasteiger partial charge in [0.05, 0.1) is 18.7 Å². The number of para-hydroxylation sites is 2. The summed E-state index contributed by atoms with van der Waals surface area (Å²) < 4.78 is 17.0. The predicted octanol–water partition coefficient (Wildman–Crippen LogP) is 1.38. The zero-order chi connectivity index (χ0) is 17.2. The molecule has 0 N–H and O–H groups in total. The van der Waals surface area contributed by atoms with Gasteiger partial charge in [0, 0.05) is 12.3 Å². The second kappa shape index (κ2) is 6.32. The van der Waals surface area contributed by atoms with E-state index in [1.165, 1.54) is 6.20 Å². The molecule has 1 atom stereocenters. The smallest absolute Gasteiger partial charge is 0.267 e. The quantitative estimate of drug-likeness (QED) is 0.841. The number of pyridine rings is 1. The van der Waals surface area contributed by atoms with Crippen LogP contribution in [0.2, 0.25) is 0 Å². The van der Waals surface area contributed by atoms with Crippen LogP contribution in [0, 0.1) is 11.3 Å². The van der Waals surface area contributed by atoms with E-state index < -0.39 is 6.10 Å². The van der Waals surface area contributed by atoms with Crippen LogP contribution in [-0.4, -0.2) is 47.7 Å². The average Bonchev–Trinajstić information content (AvgIpc) is 2.64. The first kappa shape index (κ1) is 15.3. The minimum absolute atomic E-state index is 0.109. The second-order valence-electron chi connectivity index (χ2n) is 5.84. The van der Waals surface area contributed by atoms with E-state index >= 15 is 0 Å². The van der Waals surface area contributed by atoms with E-state index in [1.54, 1.807) is 23.1 Å². The number of benzene rings is 1. The van der Waals surface area contributed by atoms with E-state index in [0.29, 0.717) is 36.0 Å². The second-order valence-corrected chi connectivity index (χ2v) is 5.84. The van der Waals surface area contributed by atoms with Crippen molar-refractivity contribution >= 4 is 5.91 Å². The van der Waals surface area contributed by atoms with Gasteiger partial charge in [-0.2, -0.15) is 5.26 Å². The Morgan fingerprint density at radius 2 is 2.04 bits per heavy atom. The summed E-state index contributed by atoms with van der Waals surface area (Å²) >= 11 is 0. The van der Waals surface area contributed by atoms with Crippen LogP contribution in [-0.2, 0) is 4.79 Å². The lowest BCUT2D eigenvalue weighted by atomic mass is 10.1. The molecule has 1 amide bonds. The van der Waals surface area contributed by atoms with Crippen LogP contribution in [0.1, 0.15) is 5.56 Å². The molecule has 2 aliphatic rings. The minimum atomic E-state index is -0.635. The maximum Gasteiger partial charge on any atom is 0.267 e. The molecule has 2 aliphatic heterocycles. The van der Waals surface area contributed by atoms with Gasteiger partial charge in [-0.3, -0.25) is 4.79 Å². The standard InChI is InChI=1S/C18H15N3O4/c19-7-12-5-6-17(20-8-12)24-13-9-21(10-13)18(22)16-11-23-14-3-1-2-4-15(14)25-16/h1-6,8,13,16H,9-11H2. The minimum Gasteiger partial charge on any atom is -0.485 e. The van der Waals surface area contributed by atoms with Gasteiger partial charge in [0.2, 0.25) is 12.0 Å². The molecule has 3 heterocycles. The zero-order valence-corrected chi connectivity index (χ0v) is 13.3. The van der Waals surface area contributed by atoms with Crippen molar-refractivity contribution in [2.45, 2.75) is 12.2 Å². The number of nitrogens with zero attached hydrogens (tertiary/aromatic N) is 3. The van der Waals surface area contributed by atoms with Crippen molar-refractivity contribution in [3.63, 3.8) is 0 Å². The highest BCUT2D eigenvalue weighted by Crippen LogP contribution is 2.31. The van der Waals surface area contributed by atoms with E-state index in [-0.39, 0.29) is 18.6 Å². The van der Waals surface area contributed by atoms with Crippen LogP contribution in [0.25, 0.3) is 0 Å². The topological polar surface area (TPSA) is 84.7 Å². The SMILES string of the molecule is N#Cc1ccc(OC2CN(C(=O)C3COc4ccccc4O3)C2)nc1. The molecule has 4 rings (SSSR count). The Bertz CT molecular complexity index is 825. The molecule has 0 bridgehead atoms. The van der Waals surface area contributed by atoms with Gasteiger partial charge in [-0.15, -0.1) is 0 Å². The van der Waals surface area contributed by atoms with E-state index in [2.05, 4.69) is 4.98 Å². The Balaban J connectivity index is 1.30. The summed E-state index contributed by atoms with van der Waals surface area (Å²) in [5, 5.41) is 8.75. The maximum atomic E-state index is 12.5. The molecular formula is C18H15N3O4. The number of rotatable bonds is 3. The summed E-state index contributed by atoms with van der Waals surface area (Å²) in [4.78, 5) is 18.2. The molecule has 0 radical (unpaired) electrons. The fourth-order valence-corrected chi connectivity index (χ4v) is 2.72. The number of aromatic nitrogens is 1. The fraction of sp³-hybridized carbons (Fsp3) is 0.278. The summed E-state index contributed by atoms with van der Waals surface area (Å²) in [5.74, 6) is 1.58. The molecular weight excluding hydrogens is 322 g/mol. The summed E-state index contributed by atoms with van der Waals surface area (Å²) in [6, 6.07) is 12.6. The van der Waals surface area contributed by atoms with Crippen LogP contribution in [0.15, 0.2) is 42.6 Å². The van der Waals surface area contributed by atoms with Gasteiger partial charge in [-0.1, -0.05) is 12.1 Å².